The van der Waals surface area contributed by atoms with Crippen LogP contribution in [0.25, 0.3) is 0 Å². The quantitative estimate of drug-likeness (QED) is 0.788. The minimum Gasteiger partial charge on any atom is -0.508 e. The Morgan fingerprint density at radius 3 is 2.46 bits per heavy atom. The van der Waals surface area contributed by atoms with Gasteiger partial charge in [0.25, 0.3) is 0 Å². The highest BCUT2D eigenvalue weighted by Gasteiger charge is 2.05. The summed E-state index contributed by atoms with van der Waals surface area (Å²) in [6, 6.07) is 3.65. The van der Waals surface area contributed by atoms with Gasteiger partial charge in [-0.2, -0.15) is 0 Å². The van der Waals surface area contributed by atoms with Crippen LogP contribution in [-0.2, 0) is 12.8 Å². The standard InChI is InChI=1S/C11H15ClO/c1-3-5-9-7-11(13)8(4-2)6-10(9)12/h6-7,13H,3-5H2,1-2H3. The molecule has 0 radical (unpaired) electrons. The van der Waals surface area contributed by atoms with Crippen molar-refractivity contribution >= 4 is 11.6 Å². The van der Waals surface area contributed by atoms with Crippen LogP contribution >= 0.6 is 11.6 Å². The first-order valence-corrected chi connectivity index (χ1v) is 5.07. The van der Waals surface area contributed by atoms with E-state index in [2.05, 4.69) is 6.92 Å². The highest BCUT2D eigenvalue weighted by atomic mass is 35.5. The number of hydrogen-bond acceptors (Lipinski definition) is 1. The second-order valence-electron chi connectivity index (χ2n) is 3.18. The highest BCUT2D eigenvalue weighted by molar-refractivity contribution is 6.31. The van der Waals surface area contributed by atoms with Crippen molar-refractivity contribution in [2.24, 2.45) is 0 Å². The molecule has 0 aliphatic heterocycles. The van der Waals surface area contributed by atoms with Crippen molar-refractivity contribution in [3.8, 4) is 5.75 Å². The lowest BCUT2D eigenvalue weighted by Gasteiger charge is -2.07. The summed E-state index contributed by atoms with van der Waals surface area (Å²) in [6.07, 6.45) is 2.79. The maximum absolute atomic E-state index is 9.58. The zero-order chi connectivity index (χ0) is 9.84. The molecule has 0 fully saturated rings. The number of rotatable bonds is 3. The van der Waals surface area contributed by atoms with Crippen LogP contribution in [0.2, 0.25) is 5.02 Å². The summed E-state index contributed by atoms with van der Waals surface area (Å²) in [7, 11) is 0. The summed E-state index contributed by atoms with van der Waals surface area (Å²) in [6.45, 7) is 4.10. The van der Waals surface area contributed by atoms with E-state index < -0.39 is 0 Å². The Balaban J connectivity index is 3.05. The molecule has 1 N–H and O–H groups in total. The van der Waals surface area contributed by atoms with Crippen molar-refractivity contribution in [2.45, 2.75) is 33.1 Å². The monoisotopic (exact) mass is 198 g/mol. The first-order valence-electron chi connectivity index (χ1n) is 4.69. The normalized spacial score (nSPS) is 10.4. The summed E-state index contributed by atoms with van der Waals surface area (Å²) >= 11 is 6.05. The molecule has 0 unspecified atom stereocenters. The van der Waals surface area contributed by atoms with Crippen LogP contribution in [0.3, 0.4) is 0 Å². The molecule has 13 heavy (non-hydrogen) atoms. The summed E-state index contributed by atoms with van der Waals surface area (Å²) in [5.74, 6) is 0.371. The molecule has 0 atom stereocenters. The van der Waals surface area contributed by atoms with Crippen LogP contribution in [0.5, 0.6) is 5.75 Å². The van der Waals surface area contributed by atoms with E-state index in [-0.39, 0.29) is 0 Å². The van der Waals surface area contributed by atoms with Crippen LogP contribution in [-0.4, -0.2) is 5.11 Å². The smallest absolute Gasteiger partial charge is 0.119 e. The number of phenolic OH excluding ortho intramolecular Hbond substituents is 1. The van der Waals surface area contributed by atoms with Crippen molar-refractivity contribution in [1.29, 1.82) is 0 Å². The van der Waals surface area contributed by atoms with Crippen molar-refractivity contribution in [2.75, 3.05) is 0 Å². The van der Waals surface area contributed by atoms with Gasteiger partial charge in [0.05, 0.1) is 0 Å². The van der Waals surface area contributed by atoms with Gasteiger partial charge >= 0.3 is 0 Å². The van der Waals surface area contributed by atoms with Gasteiger partial charge in [-0.15, -0.1) is 0 Å². The molecule has 0 spiro atoms. The third-order valence-corrected chi connectivity index (χ3v) is 2.50. The lowest BCUT2D eigenvalue weighted by Crippen LogP contribution is -1.89. The molecular weight excluding hydrogens is 184 g/mol. The number of aryl methyl sites for hydroxylation is 2. The van der Waals surface area contributed by atoms with Crippen molar-refractivity contribution < 1.29 is 5.11 Å². The van der Waals surface area contributed by atoms with E-state index in [4.69, 9.17) is 11.6 Å². The molecule has 72 valence electrons. The van der Waals surface area contributed by atoms with Crippen LogP contribution in [0.4, 0.5) is 0 Å². The second-order valence-corrected chi connectivity index (χ2v) is 3.58. The molecule has 1 rings (SSSR count). The average Bonchev–Trinajstić information content (AvgIpc) is 2.11. The second kappa shape index (κ2) is 4.52. The van der Waals surface area contributed by atoms with E-state index in [9.17, 15) is 5.11 Å². The zero-order valence-corrected chi connectivity index (χ0v) is 8.86. The number of hydrogen-bond donors (Lipinski definition) is 1. The van der Waals surface area contributed by atoms with Crippen LogP contribution in [0.15, 0.2) is 12.1 Å². The van der Waals surface area contributed by atoms with Gasteiger partial charge in [-0.05, 0) is 36.1 Å². The van der Waals surface area contributed by atoms with Gasteiger partial charge in [-0.3, -0.25) is 0 Å². The van der Waals surface area contributed by atoms with E-state index >= 15 is 0 Å². The van der Waals surface area contributed by atoms with Crippen molar-refractivity contribution in [3.05, 3.63) is 28.3 Å². The average molecular weight is 199 g/mol. The Morgan fingerprint density at radius 1 is 1.23 bits per heavy atom. The van der Waals surface area contributed by atoms with E-state index in [0.717, 1.165) is 35.4 Å². The third-order valence-electron chi connectivity index (χ3n) is 2.15. The minimum absolute atomic E-state index is 0.371. The number of aromatic hydroxyl groups is 1. The predicted octanol–water partition coefficient (Wildman–Crippen LogP) is 3.56. The molecule has 0 heterocycles. The number of phenols is 1. The van der Waals surface area contributed by atoms with Gasteiger partial charge in [0, 0.05) is 5.02 Å². The van der Waals surface area contributed by atoms with E-state index in [1.54, 1.807) is 6.07 Å². The summed E-state index contributed by atoms with van der Waals surface area (Å²) < 4.78 is 0. The molecule has 2 heteroatoms. The third kappa shape index (κ3) is 2.38. The van der Waals surface area contributed by atoms with Gasteiger partial charge < -0.3 is 5.11 Å². The minimum atomic E-state index is 0.371. The molecule has 1 aromatic carbocycles. The molecule has 0 aliphatic carbocycles. The van der Waals surface area contributed by atoms with Crippen LogP contribution in [0, 0.1) is 0 Å². The molecule has 0 saturated carbocycles. The van der Waals surface area contributed by atoms with Gasteiger partial charge in [-0.25, -0.2) is 0 Å². The van der Waals surface area contributed by atoms with Gasteiger partial charge in [0.15, 0.2) is 0 Å². The Hall–Kier alpha value is -0.690. The lowest BCUT2D eigenvalue weighted by molar-refractivity contribution is 0.468. The Bertz CT molecular complexity index is 294. The summed E-state index contributed by atoms with van der Waals surface area (Å²) in [5, 5.41) is 10.4. The lowest BCUT2D eigenvalue weighted by atomic mass is 10.1. The van der Waals surface area contributed by atoms with E-state index in [1.165, 1.54) is 0 Å². The van der Waals surface area contributed by atoms with Gasteiger partial charge in [0.1, 0.15) is 5.75 Å². The fourth-order valence-corrected chi connectivity index (χ4v) is 1.67. The first kappa shape index (κ1) is 10.4. The van der Waals surface area contributed by atoms with Gasteiger partial charge in [-0.1, -0.05) is 31.9 Å². The predicted molar refractivity (Wildman–Crippen MR) is 56.5 cm³/mol. The number of benzene rings is 1. The molecule has 1 nitrogen and oxygen atoms in total. The van der Waals surface area contributed by atoms with E-state index in [1.807, 2.05) is 13.0 Å². The molecule has 0 bridgehead atoms. The molecular formula is C11H15ClO. The maximum Gasteiger partial charge on any atom is 0.119 e. The molecule has 0 saturated heterocycles. The first-order chi connectivity index (χ1) is 6.19. The summed E-state index contributed by atoms with van der Waals surface area (Å²) in [5.41, 5.74) is 1.96. The Labute approximate surface area is 84.4 Å². The largest absolute Gasteiger partial charge is 0.508 e. The fraction of sp³-hybridized carbons (Fsp3) is 0.455. The van der Waals surface area contributed by atoms with Crippen molar-refractivity contribution in [3.63, 3.8) is 0 Å². The Morgan fingerprint density at radius 2 is 1.92 bits per heavy atom. The maximum atomic E-state index is 9.58. The fourth-order valence-electron chi connectivity index (χ4n) is 1.39. The van der Waals surface area contributed by atoms with Gasteiger partial charge in [0.2, 0.25) is 0 Å². The number of halogens is 1. The van der Waals surface area contributed by atoms with E-state index in [0.29, 0.717) is 5.75 Å². The Kier molecular flexibility index (Phi) is 3.61. The SMILES string of the molecule is CCCc1cc(O)c(CC)cc1Cl. The molecule has 0 aliphatic rings. The topological polar surface area (TPSA) is 20.2 Å². The molecule has 0 aromatic heterocycles. The summed E-state index contributed by atoms with van der Waals surface area (Å²) in [4.78, 5) is 0. The highest BCUT2D eigenvalue weighted by Crippen LogP contribution is 2.27. The van der Waals surface area contributed by atoms with Crippen LogP contribution in [0.1, 0.15) is 31.4 Å². The van der Waals surface area contributed by atoms with Crippen molar-refractivity contribution in [1.82, 2.24) is 0 Å². The van der Waals surface area contributed by atoms with Crippen LogP contribution < -0.4 is 0 Å². The molecule has 1 aromatic rings. The zero-order valence-electron chi connectivity index (χ0n) is 8.10. The molecule has 0 amide bonds.